The van der Waals surface area contributed by atoms with Crippen LogP contribution in [-0.4, -0.2) is 76.8 Å². The molecule has 0 radical (unpaired) electrons. The summed E-state index contributed by atoms with van der Waals surface area (Å²) in [6.07, 6.45) is 0.890. The maximum Gasteiger partial charge on any atom is 0.243 e. The Hall–Kier alpha value is -2.06. The standard InChI is InChI=1S/C18H27ClFN5O2/c1-24(2)17(26)11-22-18(21-7-9-27-3)23-13-6-8-25(12-13)14-4-5-16(20)15(19)10-14/h4-5,10,13H,6-9,11-12H2,1-3H3,(H2,21,22,23). The van der Waals surface area contributed by atoms with E-state index in [0.29, 0.717) is 19.1 Å². The summed E-state index contributed by atoms with van der Waals surface area (Å²) in [6.45, 7) is 2.74. The Morgan fingerprint density at radius 2 is 2.26 bits per heavy atom. The average Bonchev–Trinajstić information content (AvgIpc) is 3.10. The number of guanidine groups is 1. The molecule has 150 valence electrons. The molecule has 1 fully saturated rings. The highest BCUT2D eigenvalue weighted by atomic mass is 35.5. The van der Waals surface area contributed by atoms with E-state index in [0.717, 1.165) is 25.2 Å². The van der Waals surface area contributed by atoms with E-state index in [9.17, 15) is 9.18 Å². The summed E-state index contributed by atoms with van der Waals surface area (Å²) in [6, 6.07) is 4.90. The lowest BCUT2D eigenvalue weighted by atomic mass is 10.2. The van der Waals surface area contributed by atoms with E-state index in [2.05, 4.69) is 20.5 Å². The van der Waals surface area contributed by atoms with Gasteiger partial charge in [0, 0.05) is 52.6 Å². The maximum absolute atomic E-state index is 13.4. The molecular weight excluding hydrogens is 373 g/mol. The van der Waals surface area contributed by atoms with Gasteiger partial charge in [-0.15, -0.1) is 0 Å². The molecule has 0 spiro atoms. The molecule has 1 atom stereocenters. The van der Waals surface area contributed by atoms with Crippen molar-refractivity contribution in [2.24, 2.45) is 4.99 Å². The van der Waals surface area contributed by atoms with Gasteiger partial charge < -0.3 is 25.2 Å². The van der Waals surface area contributed by atoms with Crippen molar-refractivity contribution in [1.82, 2.24) is 15.5 Å². The zero-order valence-electron chi connectivity index (χ0n) is 16.0. The van der Waals surface area contributed by atoms with Crippen molar-refractivity contribution < 1.29 is 13.9 Å². The van der Waals surface area contributed by atoms with Crippen LogP contribution in [0.4, 0.5) is 10.1 Å². The number of hydrogen-bond donors (Lipinski definition) is 2. The third-order valence-electron chi connectivity index (χ3n) is 4.27. The molecule has 1 heterocycles. The Balaban J connectivity index is 1.96. The van der Waals surface area contributed by atoms with Crippen molar-refractivity contribution in [2.45, 2.75) is 12.5 Å². The molecule has 9 heteroatoms. The predicted octanol–water partition coefficient (Wildman–Crippen LogP) is 1.33. The van der Waals surface area contributed by atoms with Crippen LogP contribution in [0.3, 0.4) is 0 Å². The van der Waals surface area contributed by atoms with Crippen LogP contribution in [-0.2, 0) is 9.53 Å². The van der Waals surface area contributed by atoms with Gasteiger partial charge in [-0.3, -0.25) is 4.79 Å². The van der Waals surface area contributed by atoms with Gasteiger partial charge >= 0.3 is 0 Å². The van der Waals surface area contributed by atoms with Gasteiger partial charge in [0.05, 0.1) is 11.6 Å². The molecule has 27 heavy (non-hydrogen) atoms. The van der Waals surface area contributed by atoms with E-state index in [1.165, 1.54) is 11.0 Å². The number of likely N-dealkylation sites (N-methyl/N-ethyl adjacent to an activating group) is 1. The fourth-order valence-electron chi connectivity index (χ4n) is 2.70. The Morgan fingerprint density at radius 3 is 2.93 bits per heavy atom. The first-order valence-electron chi connectivity index (χ1n) is 8.84. The molecule has 1 aliphatic rings. The van der Waals surface area contributed by atoms with Crippen LogP contribution in [0.2, 0.25) is 5.02 Å². The molecule has 0 bridgehead atoms. The number of nitrogens with zero attached hydrogens (tertiary/aromatic N) is 3. The van der Waals surface area contributed by atoms with Crippen molar-refractivity contribution in [3.05, 3.63) is 29.0 Å². The molecule has 1 aromatic rings. The SMILES string of the molecule is COCCNC(=NCC(=O)N(C)C)NC1CCN(c2ccc(F)c(Cl)c2)C1. The first kappa shape index (κ1) is 21.2. The summed E-state index contributed by atoms with van der Waals surface area (Å²) in [7, 11) is 5.03. The Labute approximate surface area is 164 Å². The van der Waals surface area contributed by atoms with E-state index in [4.69, 9.17) is 16.3 Å². The topological polar surface area (TPSA) is 69.2 Å². The number of methoxy groups -OCH3 is 1. The number of amides is 1. The number of benzene rings is 1. The van der Waals surface area contributed by atoms with Crippen LogP contribution in [0.1, 0.15) is 6.42 Å². The monoisotopic (exact) mass is 399 g/mol. The number of carbonyl (C=O) groups is 1. The molecule has 0 aliphatic carbocycles. The van der Waals surface area contributed by atoms with E-state index in [1.807, 2.05) is 0 Å². The van der Waals surface area contributed by atoms with Crippen LogP contribution in [0.25, 0.3) is 0 Å². The van der Waals surface area contributed by atoms with Gasteiger partial charge in [0.1, 0.15) is 12.4 Å². The van der Waals surface area contributed by atoms with Gasteiger partial charge in [0.25, 0.3) is 0 Å². The van der Waals surface area contributed by atoms with E-state index in [-0.39, 0.29) is 23.5 Å². The van der Waals surface area contributed by atoms with Crippen LogP contribution in [0.15, 0.2) is 23.2 Å². The summed E-state index contributed by atoms with van der Waals surface area (Å²) in [4.78, 5) is 19.8. The summed E-state index contributed by atoms with van der Waals surface area (Å²) in [5.74, 6) is 0.0830. The number of nitrogens with one attached hydrogen (secondary N) is 2. The van der Waals surface area contributed by atoms with Gasteiger partial charge in [-0.25, -0.2) is 9.38 Å². The Bertz CT molecular complexity index is 671. The van der Waals surface area contributed by atoms with Gasteiger partial charge in [-0.05, 0) is 24.6 Å². The van der Waals surface area contributed by atoms with Crippen LogP contribution in [0, 0.1) is 5.82 Å². The summed E-state index contributed by atoms with van der Waals surface area (Å²) < 4.78 is 18.4. The predicted molar refractivity (Wildman–Crippen MR) is 106 cm³/mol. The molecule has 2 rings (SSSR count). The van der Waals surface area contributed by atoms with E-state index < -0.39 is 5.82 Å². The fraction of sp³-hybridized carbons (Fsp3) is 0.556. The molecule has 1 unspecified atom stereocenters. The Morgan fingerprint density at radius 1 is 1.48 bits per heavy atom. The molecular formula is C18H27ClFN5O2. The minimum absolute atomic E-state index is 0.0688. The molecule has 1 amide bonds. The molecule has 1 aromatic carbocycles. The van der Waals surface area contributed by atoms with Gasteiger partial charge in [0.15, 0.2) is 5.96 Å². The number of rotatable bonds is 7. The van der Waals surface area contributed by atoms with E-state index >= 15 is 0 Å². The van der Waals surface area contributed by atoms with Crippen molar-refractivity contribution in [3.63, 3.8) is 0 Å². The maximum atomic E-state index is 13.4. The van der Waals surface area contributed by atoms with Crippen LogP contribution >= 0.6 is 11.6 Å². The summed E-state index contributed by atoms with van der Waals surface area (Å²) in [5, 5.41) is 6.65. The average molecular weight is 400 g/mol. The van der Waals surface area contributed by atoms with Crippen LogP contribution < -0.4 is 15.5 Å². The lowest BCUT2D eigenvalue weighted by Crippen LogP contribution is -2.46. The molecule has 1 aliphatic heterocycles. The molecule has 0 saturated carbocycles. The lowest BCUT2D eigenvalue weighted by molar-refractivity contribution is -0.127. The highest BCUT2D eigenvalue weighted by Crippen LogP contribution is 2.25. The number of aliphatic imine (C=N–C) groups is 1. The smallest absolute Gasteiger partial charge is 0.243 e. The third kappa shape index (κ3) is 6.55. The zero-order valence-corrected chi connectivity index (χ0v) is 16.7. The van der Waals surface area contributed by atoms with Crippen LogP contribution in [0.5, 0.6) is 0 Å². The molecule has 1 saturated heterocycles. The van der Waals surface area contributed by atoms with Gasteiger partial charge in [-0.2, -0.15) is 0 Å². The summed E-state index contributed by atoms with van der Waals surface area (Å²) in [5.41, 5.74) is 0.888. The first-order chi connectivity index (χ1) is 12.9. The largest absolute Gasteiger partial charge is 0.383 e. The minimum Gasteiger partial charge on any atom is -0.383 e. The summed E-state index contributed by atoms with van der Waals surface area (Å²) >= 11 is 5.89. The number of hydrogen-bond acceptors (Lipinski definition) is 4. The highest BCUT2D eigenvalue weighted by molar-refractivity contribution is 6.31. The molecule has 0 aromatic heterocycles. The van der Waals surface area contributed by atoms with Crippen molar-refractivity contribution in [2.75, 3.05) is 58.9 Å². The first-order valence-corrected chi connectivity index (χ1v) is 9.22. The molecule has 2 N–H and O–H groups in total. The fourth-order valence-corrected chi connectivity index (χ4v) is 2.87. The minimum atomic E-state index is -0.420. The second-order valence-electron chi connectivity index (χ2n) is 6.55. The van der Waals surface area contributed by atoms with Crippen molar-refractivity contribution in [1.29, 1.82) is 0 Å². The second kappa shape index (κ2) is 10.3. The number of halogens is 2. The Kier molecular flexibility index (Phi) is 8.12. The van der Waals surface area contributed by atoms with Crippen molar-refractivity contribution in [3.8, 4) is 0 Å². The van der Waals surface area contributed by atoms with Gasteiger partial charge in [-0.1, -0.05) is 11.6 Å². The van der Waals surface area contributed by atoms with Crippen molar-refractivity contribution >= 4 is 29.2 Å². The second-order valence-corrected chi connectivity index (χ2v) is 6.95. The number of anilines is 1. The number of ether oxygens (including phenoxy) is 1. The molecule has 7 nitrogen and oxygen atoms in total. The van der Waals surface area contributed by atoms with E-state index in [1.54, 1.807) is 33.3 Å². The van der Waals surface area contributed by atoms with Gasteiger partial charge in [0.2, 0.25) is 5.91 Å². The normalized spacial score (nSPS) is 17.1. The highest BCUT2D eigenvalue weighted by Gasteiger charge is 2.24. The zero-order chi connectivity index (χ0) is 19.8. The number of carbonyl (C=O) groups excluding carboxylic acids is 1. The quantitative estimate of drug-likeness (QED) is 0.411. The lowest BCUT2D eigenvalue weighted by Gasteiger charge is -2.21. The third-order valence-corrected chi connectivity index (χ3v) is 4.56.